The van der Waals surface area contributed by atoms with Crippen LogP contribution in [0, 0.1) is 11.8 Å². The maximum atomic E-state index is 11.9. The molecule has 3 N–H and O–H groups in total. The lowest BCUT2D eigenvalue weighted by Crippen LogP contribution is -2.49. The van der Waals surface area contributed by atoms with Crippen molar-refractivity contribution in [2.45, 2.75) is 79.0 Å². The molecule has 0 saturated carbocycles. The van der Waals surface area contributed by atoms with E-state index in [0.717, 1.165) is 6.42 Å². The van der Waals surface area contributed by atoms with Crippen LogP contribution in [0.2, 0.25) is 0 Å². The Hall–Kier alpha value is -1.30. The molecule has 0 aromatic carbocycles. The van der Waals surface area contributed by atoms with Gasteiger partial charge in [-0.25, -0.2) is 4.79 Å². The second kappa shape index (κ2) is 9.75. The number of aliphatic carboxylic acids is 1. The fourth-order valence-corrected chi connectivity index (χ4v) is 2.26. The molecule has 0 aliphatic rings. The number of carbonyl (C=O) groups excluding carboxylic acids is 1. The quantitative estimate of drug-likeness (QED) is 0.605. The standard InChI is InChI=1S/C17H34N2O4/c1-11(2)8-13(19-16(22)23-17(5,6)7)10-18-14(15(20)21)9-12(3)4/h11-14,18H,8-10H2,1-7H3,(H,19,22)(H,20,21). The van der Waals surface area contributed by atoms with Crippen molar-refractivity contribution < 1.29 is 19.4 Å². The minimum absolute atomic E-state index is 0.168. The van der Waals surface area contributed by atoms with Crippen LogP contribution in [0.3, 0.4) is 0 Å². The van der Waals surface area contributed by atoms with Gasteiger partial charge >= 0.3 is 12.1 Å². The summed E-state index contributed by atoms with van der Waals surface area (Å²) in [5.41, 5.74) is -0.554. The van der Waals surface area contributed by atoms with E-state index in [0.29, 0.717) is 18.9 Å². The van der Waals surface area contributed by atoms with Crippen LogP contribution >= 0.6 is 0 Å². The number of amides is 1. The monoisotopic (exact) mass is 330 g/mol. The first-order valence-corrected chi connectivity index (χ1v) is 8.36. The summed E-state index contributed by atoms with van der Waals surface area (Å²) < 4.78 is 5.27. The zero-order chi connectivity index (χ0) is 18.2. The lowest BCUT2D eigenvalue weighted by atomic mass is 10.0. The Labute approximate surface area is 140 Å². The average Bonchev–Trinajstić information content (AvgIpc) is 2.29. The average molecular weight is 330 g/mol. The van der Waals surface area contributed by atoms with Gasteiger partial charge in [0.1, 0.15) is 11.6 Å². The summed E-state index contributed by atoms with van der Waals surface area (Å²) in [4.78, 5) is 23.2. The molecule has 6 nitrogen and oxygen atoms in total. The lowest BCUT2D eigenvalue weighted by molar-refractivity contribution is -0.139. The van der Waals surface area contributed by atoms with Crippen LogP contribution in [0.15, 0.2) is 0 Å². The maximum absolute atomic E-state index is 11.9. The molecule has 0 saturated heterocycles. The van der Waals surface area contributed by atoms with Crippen molar-refractivity contribution >= 4 is 12.1 Å². The number of ether oxygens (including phenoxy) is 1. The minimum Gasteiger partial charge on any atom is -0.480 e. The predicted octanol–water partition coefficient (Wildman–Crippen LogP) is 3.01. The van der Waals surface area contributed by atoms with Gasteiger partial charge in [-0.3, -0.25) is 4.79 Å². The van der Waals surface area contributed by atoms with Gasteiger partial charge in [-0.1, -0.05) is 27.7 Å². The number of nitrogens with one attached hydrogen (secondary N) is 2. The number of carboxylic acids is 1. The molecule has 0 bridgehead atoms. The fourth-order valence-electron chi connectivity index (χ4n) is 2.26. The third kappa shape index (κ3) is 11.9. The zero-order valence-corrected chi connectivity index (χ0v) is 15.6. The Morgan fingerprint density at radius 1 is 1.04 bits per heavy atom. The first kappa shape index (κ1) is 21.7. The predicted molar refractivity (Wildman–Crippen MR) is 91.5 cm³/mol. The van der Waals surface area contributed by atoms with Gasteiger partial charge < -0.3 is 20.5 Å². The molecule has 0 aliphatic carbocycles. The summed E-state index contributed by atoms with van der Waals surface area (Å²) in [5.74, 6) is -0.199. The Balaban J connectivity index is 4.65. The van der Waals surface area contributed by atoms with Gasteiger partial charge in [0, 0.05) is 12.6 Å². The van der Waals surface area contributed by atoms with Gasteiger partial charge in [-0.15, -0.1) is 0 Å². The molecular weight excluding hydrogens is 296 g/mol. The number of carboxylic acid groups (broad SMARTS) is 1. The first-order chi connectivity index (χ1) is 10.4. The Morgan fingerprint density at radius 2 is 1.57 bits per heavy atom. The minimum atomic E-state index is -0.862. The molecule has 0 fully saturated rings. The van der Waals surface area contributed by atoms with Crippen LogP contribution in [0.1, 0.15) is 61.3 Å². The number of alkyl carbamates (subject to hydrolysis) is 1. The number of carbonyl (C=O) groups is 2. The Kier molecular flexibility index (Phi) is 9.20. The molecule has 136 valence electrons. The largest absolute Gasteiger partial charge is 0.480 e. The van der Waals surface area contributed by atoms with E-state index >= 15 is 0 Å². The van der Waals surface area contributed by atoms with Gasteiger partial charge in [0.05, 0.1) is 0 Å². The van der Waals surface area contributed by atoms with Crippen LogP contribution in [0.5, 0.6) is 0 Å². The molecule has 2 unspecified atom stereocenters. The van der Waals surface area contributed by atoms with Crippen molar-refractivity contribution in [2.24, 2.45) is 11.8 Å². The fraction of sp³-hybridized carbons (Fsp3) is 0.882. The molecular formula is C17H34N2O4. The van der Waals surface area contributed by atoms with Crippen LogP contribution in [0.4, 0.5) is 4.79 Å². The SMILES string of the molecule is CC(C)CC(CNC(CC(C)C)C(=O)O)NC(=O)OC(C)(C)C. The van der Waals surface area contributed by atoms with Gasteiger partial charge in [-0.2, -0.15) is 0 Å². The van der Waals surface area contributed by atoms with Gasteiger partial charge in [-0.05, 0) is 45.4 Å². The normalized spacial score (nSPS) is 14.7. The van der Waals surface area contributed by atoms with E-state index in [-0.39, 0.29) is 12.0 Å². The second-order valence-corrected chi connectivity index (χ2v) is 7.90. The molecule has 0 aromatic heterocycles. The Bertz CT molecular complexity index is 375. The number of hydrogen-bond acceptors (Lipinski definition) is 4. The zero-order valence-electron chi connectivity index (χ0n) is 15.6. The summed E-state index contributed by atoms with van der Waals surface area (Å²) in [7, 11) is 0. The van der Waals surface area contributed by atoms with Crippen molar-refractivity contribution in [2.75, 3.05) is 6.54 Å². The van der Waals surface area contributed by atoms with Crippen molar-refractivity contribution in [1.82, 2.24) is 10.6 Å². The molecule has 0 radical (unpaired) electrons. The smallest absolute Gasteiger partial charge is 0.407 e. The first-order valence-electron chi connectivity index (χ1n) is 8.36. The van der Waals surface area contributed by atoms with Gasteiger partial charge in [0.15, 0.2) is 0 Å². The highest BCUT2D eigenvalue weighted by molar-refractivity contribution is 5.73. The number of rotatable bonds is 9. The lowest BCUT2D eigenvalue weighted by Gasteiger charge is -2.26. The van der Waals surface area contributed by atoms with Gasteiger partial charge in [0.2, 0.25) is 0 Å². The van der Waals surface area contributed by atoms with Crippen LogP contribution in [0.25, 0.3) is 0 Å². The highest BCUT2D eigenvalue weighted by atomic mass is 16.6. The molecule has 0 aromatic rings. The molecule has 0 spiro atoms. The highest BCUT2D eigenvalue weighted by Gasteiger charge is 2.23. The molecule has 0 heterocycles. The topological polar surface area (TPSA) is 87.7 Å². The molecule has 0 aliphatic heterocycles. The van der Waals surface area contributed by atoms with Crippen molar-refractivity contribution in [1.29, 1.82) is 0 Å². The van der Waals surface area contributed by atoms with Crippen LogP contribution in [-0.2, 0) is 9.53 Å². The third-order valence-electron chi connectivity index (χ3n) is 3.09. The van der Waals surface area contributed by atoms with Crippen LogP contribution < -0.4 is 10.6 Å². The molecule has 2 atom stereocenters. The summed E-state index contributed by atoms with van der Waals surface area (Å²) in [6, 6.07) is -0.774. The van der Waals surface area contributed by atoms with Crippen molar-refractivity contribution in [3.8, 4) is 0 Å². The van der Waals surface area contributed by atoms with E-state index in [1.54, 1.807) is 0 Å². The van der Waals surface area contributed by atoms with E-state index in [9.17, 15) is 14.7 Å². The van der Waals surface area contributed by atoms with E-state index in [1.807, 2.05) is 34.6 Å². The number of hydrogen-bond donors (Lipinski definition) is 3. The second-order valence-electron chi connectivity index (χ2n) is 7.90. The van der Waals surface area contributed by atoms with E-state index < -0.39 is 23.7 Å². The van der Waals surface area contributed by atoms with E-state index in [4.69, 9.17) is 4.74 Å². The summed E-state index contributed by atoms with van der Waals surface area (Å²) >= 11 is 0. The highest BCUT2D eigenvalue weighted by Crippen LogP contribution is 2.10. The molecule has 6 heteroatoms. The maximum Gasteiger partial charge on any atom is 0.407 e. The van der Waals surface area contributed by atoms with E-state index in [1.165, 1.54) is 0 Å². The third-order valence-corrected chi connectivity index (χ3v) is 3.09. The van der Waals surface area contributed by atoms with Crippen molar-refractivity contribution in [3.05, 3.63) is 0 Å². The summed E-state index contributed by atoms with van der Waals surface area (Å²) in [6.07, 6.45) is 0.830. The van der Waals surface area contributed by atoms with E-state index in [2.05, 4.69) is 24.5 Å². The van der Waals surface area contributed by atoms with Crippen molar-refractivity contribution in [3.63, 3.8) is 0 Å². The summed E-state index contributed by atoms with van der Waals surface area (Å²) in [6.45, 7) is 13.9. The van der Waals surface area contributed by atoms with Crippen LogP contribution in [-0.4, -0.2) is 41.4 Å². The summed E-state index contributed by atoms with van der Waals surface area (Å²) in [5, 5.41) is 15.2. The molecule has 0 rings (SSSR count). The molecule has 23 heavy (non-hydrogen) atoms. The Morgan fingerprint density at radius 3 is 1.96 bits per heavy atom. The molecule has 1 amide bonds. The van der Waals surface area contributed by atoms with Gasteiger partial charge in [0.25, 0.3) is 0 Å².